The van der Waals surface area contributed by atoms with Crippen molar-refractivity contribution in [3.63, 3.8) is 0 Å². The molecule has 76 valence electrons. The lowest BCUT2D eigenvalue weighted by Gasteiger charge is -2.14. The summed E-state index contributed by atoms with van der Waals surface area (Å²) >= 11 is 0. The van der Waals surface area contributed by atoms with Crippen LogP contribution in [-0.4, -0.2) is 18.5 Å². The molecule has 0 unspecified atom stereocenters. The van der Waals surface area contributed by atoms with Crippen LogP contribution >= 0.6 is 0 Å². The third-order valence-electron chi connectivity index (χ3n) is 2.11. The first-order chi connectivity index (χ1) is 6.83. The van der Waals surface area contributed by atoms with E-state index in [1.54, 1.807) is 12.5 Å². The fraction of sp³-hybridized carbons (Fsp3) is 0.545. The number of unbranched alkanes of at least 4 members (excludes halogenated alkanes) is 2. The van der Waals surface area contributed by atoms with Crippen molar-refractivity contribution in [3.05, 3.63) is 24.2 Å². The Balaban J connectivity index is 2.11. The van der Waals surface area contributed by atoms with E-state index < -0.39 is 0 Å². The van der Waals surface area contributed by atoms with Crippen molar-refractivity contribution >= 4 is 0 Å². The summed E-state index contributed by atoms with van der Waals surface area (Å²) < 4.78 is 4.99. The van der Waals surface area contributed by atoms with Gasteiger partial charge >= 0.3 is 0 Å². The summed E-state index contributed by atoms with van der Waals surface area (Å²) in [6, 6.07) is 4.13. The van der Waals surface area contributed by atoms with E-state index >= 15 is 0 Å². The Morgan fingerprint density at radius 1 is 1.50 bits per heavy atom. The largest absolute Gasteiger partial charge is 0.472 e. The first kappa shape index (κ1) is 10.8. The second-order valence-corrected chi connectivity index (χ2v) is 3.48. The molecule has 3 heteroatoms. The molecule has 0 aliphatic carbocycles. The van der Waals surface area contributed by atoms with Crippen molar-refractivity contribution < 1.29 is 4.42 Å². The van der Waals surface area contributed by atoms with Gasteiger partial charge in [0.2, 0.25) is 0 Å². The number of furan rings is 1. The van der Waals surface area contributed by atoms with Crippen LogP contribution < -0.4 is 0 Å². The minimum Gasteiger partial charge on any atom is -0.472 e. The van der Waals surface area contributed by atoms with Crippen LogP contribution in [0.3, 0.4) is 0 Å². The molecule has 0 saturated heterocycles. The first-order valence-electron chi connectivity index (χ1n) is 4.89. The average molecular weight is 192 g/mol. The van der Waals surface area contributed by atoms with E-state index in [9.17, 15) is 0 Å². The first-order valence-corrected chi connectivity index (χ1v) is 4.89. The molecule has 14 heavy (non-hydrogen) atoms. The van der Waals surface area contributed by atoms with E-state index in [1.165, 1.54) is 5.56 Å². The molecule has 0 radical (unpaired) electrons. The lowest BCUT2D eigenvalue weighted by atomic mass is 10.2. The van der Waals surface area contributed by atoms with Gasteiger partial charge in [0.25, 0.3) is 0 Å². The molecule has 1 heterocycles. The van der Waals surface area contributed by atoms with E-state index in [1.807, 2.05) is 6.07 Å². The predicted octanol–water partition coefficient (Wildman–Crippen LogP) is 2.41. The zero-order chi connectivity index (χ0) is 10.2. The third-order valence-corrected chi connectivity index (χ3v) is 2.11. The molecule has 0 amide bonds. The fourth-order valence-corrected chi connectivity index (χ4v) is 1.36. The molecule has 0 aliphatic heterocycles. The maximum Gasteiger partial charge on any atom is 0.0947 e. The van der Waals surface area contributed by atoms with Gasteiger partial charge in [-0.2, -0.15) is 5.26 Å². The van der Waals surface area contributed by atoms with Gasteiger partial charge in [0.05, 0.1) is 18.6 Å². The molecule has 1 rings (SSSR count). The summed E-state index contributed by atoms with van der Waals surface area (Å²) in [5, 5.41) is 8.36. The molecule has 0 spiro atoms. The quantitative estimate of drug-likeness (QED) is 0.650. The molecule has 3 nitrogen and oxygen atoms in total. The van der Waals surface area contributed by atoms with Gasteiger partial charge < -0.3 is 9.32 Å². The van der Waals surface area contributed by atoms with Crippen LogP contribution in [-0.2, 0) is 6.54 Å². The molecular weight excluding hydrogens is 176 g/mol. The Morgan fingerprint density at radius 3 is 3.00 bits per heavy atom. The zero-order valence-corrected chi connectivity index (χ0v) is 8.57. The second-order valence-electron chi connectivity index (χ2n) is 3.48. The van der Waals surface area contributed by atoms with E-state index in [0.29, 0.717) is 6.42 Å². The number of hydrogen-bond acceptors (Lipinski definition) is 3. The molecule has 0 saturated carbocycles. The number of nitriles is 1. The Hall–Kier alpha value is -1.27. The highest BCUT2D eigenvalue weighted by Gasteiger charge is 2.00. The monoisotopic (exact) mass is 192 g/mol. The number of rotatable bonds is 6. The van der Waals surface area contributed by atoms with Gasteiger partial charge in [-0.25, -0.2) is 0 Å². The lowest BCUT2D eigenvalue weighted by Crippen LogP contribution is -2.18. The third kappa shape index (κ3) is 4.11. The normalized spacial score (nSPS) is 10.4. The van der Waals surface area contributed by atoms with Crippen LogP contribution in [0.2, 0.25) is 0 Å². The van der Waals surface area contributed by atoms with Crippen LogP contribution in [0.5, 0.6) is 0 Å². The molecule has 1 aromatic rings. The van der Waals surface area contributed by atoms with Crippen molar-refractivity contribution in [2.45, 2.75) is 25.8 Å². The molecular formula is C11H16N2O. The molecule has 0 aliphatic rings. The second kappa shape index (κ2) is 6.22. The summed E-state index contributed by atoms with van der Waals surface area (Å²) in [4.78, 5) is 2.24. The standard InChI is InChI=1S/C11H16N2O/c1-13(7-4-2-3-6-12)9-11-5-8-14-10-11/h5,8,10H,2-4,7,9H2,1H3. The summed E-state index contributed by atoms with van der Waals surface area (Å²) in [7, 11) is 2.08. The molecule has 0 N–H and O–H groups in total. The van der Waals surface area contributed by atoms with Crippen LogP contribution in [0.25, 0.3) is 0 Å². The van der Waals surface area contributed by atoms with Gasteiger partial charge in [-0.05, 0) is 32.5 Å². The topological polar surface area (TPSA) is 40.2 Å². The van der Waals surface area contributed by atoms with Gasteiger partial charge in [0.1, 0.15) is 0 Å². The Bertz CT molecular complexity index is 274. The average Bonchev–Trinajstić information content (AvgIpc) is 2.65. The highest BCUT2D eigenvalue weighted by molar-refractivity contribution is 5.04. The van der Waals surface area contributed by atoms with Crippen molar-refractivity contribution in [1.29, 1.82) is 5.26 Å². The maximum atomic E-state index is 8.36. The Labute approximate surface area is 84.9 Å². The van der Waals surface area contributed by atoms with Gasteiger partial charge in [-0.15, -0.1) is 0 Å². The van der Waals surface area contributed by atoms with E-state index in [0.717, 1.165) is 25.9 Å². The van der Waals surface area contributed by atoms with E-state index in [-0.39, 0.29) is 0 Å². The highest BCUT2D eigenvalue weighted by Crippen LogP contribution is 2.05. The van der Waals surface area contributed by atoms with Crippen LogP contribution in [0.4, 0.5) is 0 Å². The van der Waals surface area contributed by atoms with Gasteiger partial charge in [-0.3, -0.25) is 0 Å². The highest BCUT2D eigenvalue weighted by atomic mass is 16.3. The van der Waals surface area contributed by atoms with Gasteiger partial charge in [0.15, 0.2) is 0 Å². The molecule has 0 atom stereocenters. The summed E-state index contributed by atoms with van der Waals surface area (Å²) in [6.45, 7) is 1.95. The van der Waals surface area contributed by atoms with Gasteiger partial charge in [0, 0.05) is 18.5 Å². The van der Waals surface area contributed by atoms with Crippen molar-refractivity contribution in [1.82, 2.24) is 4.90 Å². The molecule has 1 aromatic heterocycles. The maximum absolute atomic E-state index is 8.36. The summed E-state index contributed by atoms with van der Waals surface area (Å²) in [5.74, 6) is 0. The minimum atomic E-state index is 0.666. The van der Waals surface area contributed by atoms with Crippen molar-refractivity contribution in [2.24, 2.45) is 0 Å². The van der Waals surface area contributed by atoms with Crippen LogP contribution in [0, 0.1) is 11.3 Å². The number of hydrogen-bond donors (Lipinski definition) is 0. The van der Waals surface area contributed by atoms with Crippen LogP contribution in [0.1, 0.15) is 24.8 Å². The Kier molecular flexibility index (Phi) is 4.81. The molecule has 0 aromatic carbocycles. The number of nitrogens with zero attached hydrogens (tertiary/aromatic N) is 2. The van der Waals surface area contributed by atoms with E-state index in [2.05, 4.69) is 18.0 Å². The SMILES string of the molecule is CN(CCCCC#N)Cc1ccoc1. The van der Waals surface area contributed by atoms with Gasteiger partial charge in [-0.1, -0.05) is 0 Å². The summed E-state index contributed by atoms with van der Waals surface area (Å²) in [5.41, 5.74) is 1.20. The van der Waals surface area contributed by atoms with Crippen molar-refractivity contribution in [2.75, 3.05) is 13.6 Å². The smallest absolute Gasteiger partial charge is 0.0947 e. The molecule has 0 bridgehead atoms. The van der Waals surface area contributed by atoms with Crippen LogP contribution in [0.15, 0.2) is 23.0 Å². The lowest BCUT2D eigenvalue weighted by molar-refractivity contribution is 0.318. The Morgan fingerprint density at radius 2 is 2.36 bits per heavy atom. The van der Waals surface area contributed by atoms with Crippen molar-refractivity contribution in [3.8, 4) is 6.07 Å². The molecule has 0 fully saturated rings. The predicted molar refractivity (Wildman–Crippen MR) is 54.5 cm³/mol. The van der Waals surface area contributed by atoms with E-state index in [4.69, 9.17) is 9.68 Å². The minimum absolute atomic E-state index is 0.666. The summed E-state index contributed by atoms with van der Waals surface area (Å²) in [6.07, 6.45) is 6.21. The zero-order valence-electron chi connectivity index (χ0n) is 8.57. The fourth-order valence-electron chi connectivity index (χ4n) is 1.36.